The van der Waals surface area contributed by atoms with Gasteiger partial charge in [-0.2, -0.15) is 0 Å². The standard InChI is InChI=1S/C10H20O/c1-3-7-10(2,11)8-9-5-4-6-9/h9,11H,3-8H2,1-2H3. The van der Waals surface area contributed by atoms with Crippen LogP contribution in [-0.2, 0) is 0 Å². The van der Waals surface area contributed by atoms with Crippen molar-refractivity contribution in [3.8, 4) is 0 Å². The van der Waals surface area contributed by atoms with Gasteiger partial charge in [0, 0.05) is 0 Å². The van der Waals surface area contributed by atoms with Gasteiger partial charge in [0.05, 0.1) is 5.60 Å². The van der Waals surface area contributed by atoms with Gasteiger partial charge in [0.15, 0.2) is 0 Å². The van der Waals surface area contributed by atoms with Gasteiger partial charge in [-0.05, 0) is 25.7 Å². The molecule has 1 heteroatoms. The number of rotatable bonds is 4. The molecule has 0 heterocycles. The van der Waals surface area contributed by atoms with Crippen LogP contribution in [0.3, 0.4) is 0 Å². The van der Waals surface area contributed by atoms with Crippen LogP contribution >= 0.6 is 0 Å². The van der Waals surface area contributed by atoms with Crippen LogP contribution in [0.4, 0.5) is 0 Å². The minimum Gasteiger partial charge on any atom is -0.390 e. The van der Waals surface area contributed by atoms with Gasteiger partial charge < -0.3 is 5.11 Å². The summed E-state index contributed by atoms with van der Waals surface area (Å²) in [4.78, 5) is 0. The first-order chi connectivity index (χ1) is 5.14. The molecule has 0 aromatic rings. The lowest BCUT2D eigenvalue weighted by atomic mass is 9.77. The Bertz CT molecular complexity index is 114. The molecule has 1 unspecified atom stereocenters. The third kappa shape index (κ3) is 2.82. The summed E-state index contributed by atoms with van der Waals surface area (Å²) in [6.07, 6.45) is 7.16. The zero-order valence-electron chi connectivity index (χ0n) is 7.77. The van der Waals surface area contributed by atoms with E-state index in [4.69, 9.17) is 0 Å². The maximum absolute atomic E-state index is 9.85. The van der Waals surface area contributed by atoms with E-state index < -0.39 is 0 Å². The molecule has 0 aliphatic heterocycles. The van der Waals surface area contributed by atoms with Crippen LogP contribution in [0.2, 0.25) is 0 Å². The molecule has 1 fully saturated rings. The van der Waals surface area contributed by atoms with Crippen LogP contribution in [0.5, 0.6) is 0 Å². The summed E-state index contributed by atoms with van der Waals surface area (Å²) in [5.74, 6) is 0.830. The van der Waals surface area contributed by atoms with Gasteiger partial charge in [0.2, 0.25) is 0 Å². The van der Waals surface area contributed by atoms with Gasteiger partial charge in [0.1, 0.15) is 0 Å². The Morgan fingerprint density at radius 2 is 2.09 bits per heavy atom. The zero-order chi connectivity index (χ0) is 8.32. The zero-order valence-corrected chi connectivity index (χ0v) is 7.77. The second-order valence-electron chi connectivity index (χ2n) is 4.25. The lowest BCUT2D eigenvalue weighted by Crippen LogP contribution is -2.29. The Hall–Kier alpha value is -0.0400. The van der Waals surface area contributed by atoms with Crippen molar-refractivity contribution in [1.29, 1.82) is 0 Å². The summed E-state index contributed by atoms with van der Waals surface area (Å²) >= 11 is 0. The second kappa shape index (κ2) is 3.57. The monoisotopic (exact) mass is 156 g/mol. The quantitative estimate of drug-likeness (QED) is 0.663. The Morgan fingerprint density at radius 3 is 2.45 bits per heavy atom. The average Bonchev–Trinajstić information content (AvgIpc) is 1.79. The van der Waals surface area contributed by atoms with E-state index in [2.05, 4.69) is 6.92 Å². The third-order valence-corrected chi connectivity index (χ3v) is 2.74. The molecule has 1 aliphatic rings. The first-order valence-electron chi connectivity index (χ1n) is 4.86. The predicted molar refractivity (Wildman–Crippen MR) is 47.5 cm³/mol. The van der Waals surface area contributed by atoms with Crippen molar-refractivity contribution in [1.82, 2.24) is 0 Å². The van der Waals surface area contributed by atoms with Gasteiger partial charge >= 0.3 is 0 Å². The molecular weight excluding hydrogens is 136 g/mol. The maximum atomic E-state index is 9.85. The largest absolute Gasteiger partial charge is 0.390 e. The molecule has 1 saturated carbocycles. The highest BCUT2D eigenvalue weighted by Gasteiger charge is 2.27. The first-order valence-corrected chi connectivity index (χ1v) is 4.86. The SMILES string of the molecule is CCCC(C)(O)CC1CCC1. The summed E-state index contributed by atoms with van der Waals surface area (Å²) in [7, 11) is 0. The van der Waals surface area contributed by atoms with Crippen molar-refractivity contribution < 1.29 is 5.11 Å². The minimum atomic E-state index is -0.375. The fourth-order valence-electron chi connectivity index (χ4n) is 1.96. The van der Waals surface area contributed by atoms with Crippen LogP contribution in [0.1, 0.15) is 52.4 Å². The Kier molecular flexibility index (Phi) is 2.94. The molecule has 1 rings (SSSR count). The van der Waals surface area contributed by atoms with Crippen molar-refractivity contribution in [3.63, 3.8) is 0 Å². The number of hydrogen-bond donors (Lipinski definition) is 1. The highest BCUT2D eigenvalue weighted by atomic mass is 16.3. The molecule has 11 heavy (non-hydrogen) atoms. The average molecular weight is 156 g/mol. The van der Waals surface area contributed by atoms with Crippen molar-refractivity contribution >= 4 is 0 Å². The van der Waals surface area contributed by atoms with Crippen molar-refractivity contribution in [3.05, 3.63) is 0 Å². The van der Waals surface area contributed by atoms with Crippen molar-refractivity contribution in [2.24, 2.45) is 5.92 Å². The molecule has 0 radical (unpaired) electrons. The van der Waals surface area contributed by atoms with E-state index in [1.807, 2.05) is 6.92 Å². The lowest BCUT2D eigenvalue weighted by Gasteiger charge is -2.33. The third-order valence-electron chi connectivity index (χ3n) is 2.74. The minimum absolute atomic E-state index is 0.375. The number of aliphatic hydroxyl groups is 1. The summed E-state index contributed by atoms with van der Waals surface area (Å²) in [5, 5.41) is 9.85. The van der Waals surface area contributed by atoms with Crippen LogP contribution in [0.25, 0.3) is 0 Å². The van der Waals surface area contributed by atoms with Gasteiger partial charge in [-0.3, -0.25) is 0 Å². The van der Waals surface area contributed by atoms with Gasteiger partial charge in [-0.25, -0.2) is 0 Å². The fourth-order valence-corrected chi connectivity index (χ4v) is 1.96. The molecule has 0 bridgehead atoms. The van der Waals surface area contributed by atoms with Crippen molar-refractivity contribution in [2.45, 2.75) is 58.0 Å². The molecule has 0 amide bonds. The normalized spacial score (nSPS) is 24.3. The van der Waals surface area contributed by atoms with E-state index in [0.717, 1.165) is 25.2 Å². The van der Waals surface area contributed by atoms with E-state index in [1.165, 1.54) is 19.3 Å². The van der Waals surface area contributed by atoms with Crippen LogP contribution in [-0.4, -0.2) is 10.7 Å². The molecule has 0 saturated heterocycles. The lowest BCUT2D eigenvalue weighted by molar-refractivity contribution is 0.0119. The summed E-state index contributed by atoms with van der Waals surface area (Å²) in [6, 6.07) is 0. The number of hydrogen-bond acceptors (Lipinski definition) is 1. The molecule has 1 nitrogen and oxygen atoms in total. The van der Waals surface area contributed by atoms with Gasteiger partial charge in [-0.15, -0.1) is 0 Å². The van der Waals surface area contributed by atoms with Crippen LogP contribution in [0, 0.1) is 5.92 Å². The molecule has 0 aromatic heterocycles. The van der Waals surface area contributed by atoms with Crippen LogP contribution < -0.4 is 0 Å². The van der Waals surface area contributed by atoms with E-state index in [1.54, 1.807) is 0 Å². The smallest absolute Gasteiger partial charge is 0.0622 e. The summed E-state index contributed by atoms with van der Waals surface area (Å²) in [6.45, 7) is 4.12. The Balaban J connectivity index is 2.20. The second-order valence-corrected chi connectivity index (χ2v) is 4.25. The Morgan fingerprint density at radius 1 is 1.45 bits per heavy atom. The molecular formula is C10H20O. The molecule has 1 N–H and O–H groups in total. The molecule has 0 spiro atoms. The van der Waals surface area contributed by atoms with Gasteiger partial charge in [0.25, 0.3) is 0 Å². The molecule has 66 valence electrons. The molecule has 1 aliphatic carbocycles. The highest BCUT2D eigenvalue weighted by molar-refractivity contribution is 4.80. The van der Waals surface area contributed by atoms with E-state index in [-0.39, 0.29) is 5.60 Å². The topological polar surface area (TPSA) is 20.2 Å². The summed E-state index contributed by atoms with van der Waals surface area (Å²) in [5.41, 5.74) is -0.375. The summed E-state index contributed by atoms with van der Waals surface area (Å²) < 4.78 is 0. The first kappa shape index (κ1) is 9.05. The van der Waals surface area contributed by atoms with E-state index in [9.17, 15) is 5.11 Å². The predicted octanol–water partition coefficient (Wildman–Crippen LogP) is 2.73. The molecule has 0 aromatic carbocycles. The van der Waals surface area contributed by atoms with Gasteiger partial charge in [-0.1, -0.05) is 32.6 Å². The van der Waals surface area contributed by atoms with E-state index in [0.29, 0.717) is 0 Å². The molecule has 1 atom stereocenters. The maximum Gasteiger partial charge on any atom is 0.0622 e. The Labute approximate surface area is 69.8 Å². The fraction of sp³-hybridized carbons (Fsp3) is 1.00. The highest BCUT2D eigenvalue weighted by Crippen LogP contribution is 2.34. The van der Waals surface area contributed by atoms with Crippen molar-refractivity contribution in [2.75, 3.05) is 0 Å². The van der Waals surface area contributed by atoms with Crippen LogP contribution in [0.15, 0.2) is 0 Å². The van der Waals surface area contributed by atoms with E-state index >= 15 is 0 Å².